The van der Waals surface area contributed by atoms with Gasteiger partial charge in [0.05, 0.1) is 0 Å². The van der Waals surface area contributed by atoms with Crippen molar-refractivity contribution in [3.63, 3.8) is 0 Å². The number of nitrogens with one attached hydrogen (secondary N) is 1. The fourth-order valence-electron chi connectivity index (χ4n) is 2.61. The third kappa shape index (κ3) is 2.75. The number of hydrogen-bond acceptors (Lipinski definition) is 3. The van der Waals surface area contributed by atoms with E-state index in [1.54, 1.807) is 0 Å². The smallest absolute Gasteiger partial charge is 0.127 e. The summed E-state index contributed by atoms with van der Waals surface area (Å²) in [5.74, 6) is 0.775. The molecule has 0 saturated carbocycles. The normalized spacial score (nSPS) is 18.1. The van der Waals surface area contributed by atoms with E-state index in [1.807, 2.05) is 36.4 Å². The molecule has 0 amide bonds. The zero-order valence-electron chi connectivity index (χ0n) is 11.2. The van der Waals surface area contributed by atoms with Gasteiger partial charge in [-0.15, -0.1) is 0 Å². The molecule has 1 saturated heterocycles. The summed E-state index contributed by atoms with van der Waals surface area (Å²) in [5, 5.41) is 16.4. The molecule has 1 heterocycles. The molecule has 0 unspecified atom stereocenters. The first kappa shape index (κ1) is 13.7. The van der Waals surface area contributed by atoms with Crippen LogP contribution in [0.4, 0.5) is 0 Å². The molecular formula is C16H18ClNO2. The molecule has 3 nitrogen and oxygen atoms in total. The van der Waals surface area contributed by atoms with Crippen molar-refractivity contribution in [2.45, 2.75) is 18.4 Å². The van der Waals surface area contributed by atoms with Gasteiger partial charge in [-0.25, -0.2) is 0 Å². The molecule has 106 valence electrons. The topological polar surface area (TPSA) is 41.5 Å². The molecule has 0 aromatic heterocycles. The molecule has 1 fully saturated rings. The van der Waals surface area contributed by atoms with Crippen LogP contribution in [-0.2, 0) is 0 Å². The molecule has 2 aromatic carbocycles. The molecule has 2 aromatic rings. The van der Waals surface area contributed by atoms with Gasteiger partial charge in [0.2, 0.25) is 0 Å². The fourth-order valence-corrected chi connectivity index (χ4v) is 2.84. The Hall–Kier alpha value is -1.29. The van der Waals surface area contributed by atoms with Crippen molar-refractivity contribution < 1.29 is 9.84 Å². The number of halogens is 1. The Morgan fingerprint density at radius 2 is 1.80 bits per heavy atom. The maximum Gasteiger partial charge on any atom is 0.127 e. The van der Waals surface area contributed by atoms with Crippen molar-refractivity contribution in [1.82, 2.24) is 5.32 Å². The van der Waals surface area contributed by atoms with E-state index in [4.69, 9.17) is 16.3 Å². The quantitative estimate of drug-likeness (QED) is 0.913. The zero-order valence-corrected chi connectivity index (χ0v) is 12.0. The van der Waals surface area contributed by atoms with Crippen molar-refractivity contribution in [1.29, 1.82) is 0 Å². The summed E-state index contributed by atoms with van der Waals surface area (Å²) in [5.41, 5.74) is -0.730. The Labute approximate surface area is 123 Å². The van der Waals surface area contributed by atoms with Crippen LogP contribution in [0.25, 0.3) is 10.8 Å². The monoisotopic (exact) mass is 291 g/mol. The standard InChI is InChI=1S/C16H18ClNO2/c17-14-5-6-15(13-4-2-1-3-12(13)14)20-11-16(19)7-9-18-10-8-16/h1-6,18-19H,7-11H2. The summed E-state index contributed by atoms with van der Waals surface area (Å²) in [7, 11) is 0. The van der Waals surface area contributed by atoms with Crippen molar-refractivity contribution in [2.24, 2.45) is 0 Å². The second kappa shape index (κ2) is 5.60. The van der Waals surface area contributed by atoms with Crippen LogP contribution in [0.1, 0.15) is 12.8 Å². The summed E-state index contributed by atoms with van der Waals surface area (Å²) in [6.07, 6.45) is 1.44. The van der Waals surface area contributed by atoms with Crippen molar-refractivity contribution in [3.05, 3.63) is 41.4 Å². The highest BCUT2D eigenvalue weighted by Crippen LogP contribution is 2.32. The highest BCUT2D eigenvalue weighted by Gasteiger charge is 2.30. The summed E-state index contributed by atoms with van der Waals surface area (Å²) >= 11 is 6.19. The van der Waals surface area contributed by atoms with Gasteiger partial charge in [0.25, 0.3) is 0 Å². The summed E-state index contributed by atoms with van der Waals surface area (Å²) in [6.45, 7) is 1.99. The van der Waals surface area contributed by atoms with Crippen LogP contribution < -0.4 is 10.1 Å². The van der Waals surface area contributed by atoms with E-state index < -0.39 is 5.60 Å². The molecule has 0 bridgehead atoms. The van der Waals surface area contributed by atoms with Crippen molar-refractivity contribution in [2.75, 3.05) is 19.7 Å². The third-order valence-corrected chi connectivity index (χ3v) is 4.19. The van der Waals surface area contributed by atoms with Crippen LogP contribution in [0.15, 0.2) is 36.4 Å². The fraction of sp³-hybridized carbons (Fsp3) is 0.375. The maximum absolute atomic E-state index is 10.5. The molecule has 20 heavy (non-hydrogen) atoms. The van der Waals surface area contributed by atoms with Crippen LogP contribution >= 0.6 is 11.6 Å². The van der Waals surface area contributed by atoms with Gasteiger partial charge in [0.15, 0.2) is 0 Å². The summed E-state index contributed by atoms with van der Waals surface area (Å²) in [6, 6.07) is 11.6. The lowest BCUT2D eigenvalue weighted by Gasteiger charge is -2.32. The Morgan fingerprint density at radius 3 is 2.55 bits per heavy atom. The maximum atomic E-state index is 10.5. The van der Waals surface area contributed by atoms with Gasteiger partial charge in [-0.3, -0.25) is 0 Å². The average Bonchev–Trinajstić information content (AvgIpc) is 2.48. The van der Waals surface area contributed by atoms with Crippen LogP contribution in [-0.4, -0.2) is 30.4 Å². The molecule has 0 aliphatic carbocycles. The van der Waals surface area contributed by atoms with Gasteiger partial charge in [-0.2, -0.15) is 0 Å². The van der Waals surface area contributed by atoms with Gasteiger partial charge in [-0.05, 0) is 38.1 Å². The number of aliphatic hydroxyl groups is 1. The van der Waals surface area contributed by atoms with Crippen LogP contribution in [0, 0.1) is 0 Å². The highest BCUT2D eigenvalue weighted by molar-refractivity contribution is 6.35. The number of benzene rings is 2. The molecule has 4 heteroatoms. The first-order chi connectivity index (χ1) is 9.68. The van der Waals surface area contributed by atoms with Gasteiger partial charge in [-0.1, -0.05) is 35.9 Å². The summed E-state index contributed by atoms with van der Waals surface area (Å²) < 4.78 is 5.88. The van der Waals surface area contributed by atoms with Gasteiger partial charge < -0.3 is 15.2 Å². The second-order valence-corrected chi connectivity index (χ2v) is 5.76. The molecular weight excluding hydrogens is 274 g/mol. The van der Waals surface area contributed by atoms with Crippen molar-refractivity contribution in [3.8, 4) is 5.75 Å². The number of ether oxygens (including phenoxy) is 1. The first-order valence-electron chi connectivity index (χ1n) is 6.91. The Bertz CT molecular complexity index is 608. The lowest BCUT2D eigenvalue weighted by Crippen LogP contribution is -2.45. The Balaban J connectivity index is 1.82. The van der Waals surface area contributed by atoms with Gasteiger partial charge >= 0.3 is 0 Å². The van der Waals surface area contributed by atoms with E-state index in [1.165, 1.54) is 0 Å². The average molecular weight is 292 g/mol. The molecule has 0 radical (unpaired) electrons. The lowest BCUT2D eigenvalue weighted by molar-refractivity contribution is -0.0282. The van der Waals surface area contributed by atoms with E-state index in [2.05, 4.69) is 5.32 Å². The molecule has 3 rings (SSSR count). The SMILES string of the molecule is OC1(COc2ccc(Cl)c3ccccc23)CCNCC1. The van der Waals surface area contributed by atoms with Crippen LogP contribution in [0.3, 0.4) is 0 Å². The van der Waals surface area contributed by atoms with Crippen molar-refractivity contribution >= 4 is 22.4 Å². The number of piperidine rings is 1. The highest BCUT2D eigenvalue weighted by atomic mass is 35.5. The van der Waals surface area contributed by atoms with Gasteiger partial charge in [0.1, 0.15) is 18.0 Å². The predicted octanol–water partition coefficient (Wildman–Crippen LogP) is 2.99. The minimum Gasteiger partial charge on any atom is -0.490 e. The molecule has 0 atom stereocenters. The van der Waals surface area contributed by atoms with E-state index in [9.17, 15) is 5.11 Å². The van der Waals surface area contributed by atoms with Crippen LogP contribution in [0.2, 0.25) is 5.02 Å². The number of fused-ring (bicyclic) bond motifs is 1. The van der Waals surface area contributed by atoms with E-state index in [0.29, 0.717) is 11.6 Å². The minimum atomic E-state index is -0.730. The molecule has 0 spiro atoms. The largest absolute Gasteiger partial charge is 0.490 e. The third-order valence-electron chi connectivity index (χ3n) is 3.86. The van der Waals surface area contributed by atoms with E-state index in [0.717, 1.165) is 42.5 Å². The van der Waals surface area contributed by atoms with Crippen LogP contribution in [0.5, 0.6) is 5.75 Å². The van der Waals surface area contributed by atoms with E-state index >= 15 is 0 Å². The number of rotatable bonds is 3. The Kier molecular flexibility index (Phi) is 3.83. The first-order valence-corrected chi connectivity index (χ1v) is 7.29. The molecule has 1 aliphatic heterocycles. The minimum absolute atomic E-state index is 0.320. The summed E-state index contributed by atoms with van der Waals surface area (Å²) in [4.78, 5) is 0. The van der Waals surface area contributed by atoms with E-state index in [-0.39, 0.29) is 0 Å². The second-order valence-electron chi connectivity index (χ2n) is 5.35. The molecule has 2 N–H and O–H groups in total. The van der Waals surface area contributed by atoms with Gasteiger partial charge in [0, 0.05) is 15.8 Å². The Morgan fingerprint density at radius 1 is 1.10 bits per heavy atom. The predicted molar refractivity (Wildman–Crippen MR) is 81.5 cm³/mol. The number of hydrogen-bond donors (Lipinski definition) is 2. The zero-order chi connectivity index (χ0) is 14.0. The molecule has 1 aliphatic rings. The lowest BCUT2D eigenvalue weighted by atomic mass is 9.93.